The lowest BCUT2D eigenvalue weighted by atomic mass is 10.2. The van der Waals surface area contributed by atoms with E-state index in [-0.39, 0.29) is 29.0 Å². The Balaban J connectivity index is 1.99. The molecule has 34 heavy (non-hydrogen) atoms. The van der Waals surface area contributed by atoms with Gasteiger partial charge < -0.3 is 35.7 Å². The fourth-order valence-electron chi connectivity index (χ4n) is 2.90. The third-order valence-corrected chi connectivity index (χ3v) is 9.42. The van der Waals surface area contributed by atoms with Crippen LogP contribution in [0.4, 0.5) is 5.82 Å². The number of anilines is 1. The van der Waals surface area contributed by atoms with E-state index >= 15 is 0 Å². The maximum Gasteiger partial charge on any atom is 0.351 e. The highest BCUT2D eigenvalue weighted by molar-refractivity contribution is 8.77. The van der Waals surface area contributed by atoms with Crippen LogP contribution in [0.1, 0.15) is 46.8 Å². The van der Waals surface area contributed by atoms with Crippen LogP contribution in [0, 0.1) is 0 Å². The summed E-state index contributed by atoms with van der Waals surface area (Å²) in [6, 6.07) is 1.48. The van der Waals surface area contributed by atoms with E-state index in [2.05, 4.69) is 10.3 Å². The van der Waals surface area contributed by atoms with E-state index in [9.17, 15) is 19.0 Å². The average Bonchev–Trinajstić information content (AvgIpc) is 3.16. The Morgan fingerprint density at radius 2 is 2.24 bits per heavy atom. The number of aromatic nitrogens is 2. The lowest BCUT2D eigenvalue weighted by molar-refractivity contribution is -0.120. The van der Waals surface area contributed by atoms with E-state index in [0.29, 0.717) is 19.4 Å². The number of rotatable bonds is 13. The number of carbonyl (C=O) groups excluding carboxylic acids is 1. The van der Waals surface area contributed by atoms with Crippen molar-refractivity contribution in [2.75, 3.05) is 24.8 Å². The summed E-state index contributed by atoms with van der Waals surface area (Å²) in [5, 5.41) is 2.88. The van der Waals surface area contributed by atoms with Crippen LogP contribution in [0.3, 0.4) is 0 Å². The van der Waals surface area contributed by atoms with Gasteiger partial charge in [-0.15, -0.1) is 0 Å². The van der Waals surface area contributed by atoms with Crippen molar-refractivity contribution in [2.45, 2.75) is 69.5 Å². The molecule has 0 bridgehead atoms. The number of nitrogen functional groups attached to an aromatic ring is 1. The summed E-state index contributed by atoms with van der Waals surface area (Å²) in [6.45, 7) is 7.48. The Bertz CT molecular complexity index is 933. The van der Waals surface area contributed by atoms with Gasteiger partial charge in [-0.25, -0.2) is 4.79 Å². The molecule has 0 aromatic carbocycles. The van der Waals surface area contributed by atoms with Crippen molar-refractivity contribution in [3.63, 3.8) is 0 Å². The van der Waals surface area contributed by atoms with Gasteiger partial charge in [0.2, 0.25) is 5.91 Å². The second-order valence-electron chi connectivity index (χ2n) is 8.42. The van der Waals surface area contributed by atoms with Crippen LogP contribution in [-0.2, 0) is 23.4 Å². The van der Waals surface area contributed by atoms with Gasteiger partial charge in [-0.2, -0.15) is 4.98 Å². The molecule has 12 nitrogen and oxygen atoms in total. The summed E-state index contributed by atoms with van der Waals surface area (Å²) < 4.78 is 30.3. The molecule has 1 aromatic rings. The van der Waals surface area contributed by atoms with Gasteiger partial charge in [-0.05, 0) is 26.8 Å². The number of nitrogens with zero attached hydrogens (tertiary/aromatic N) is 2. The fraction of sp³-hybridized carbons (Fsp3) is 0.737. The van der Waals surface area contributed by atoms with Crippen LogP contribution in [0.25, 0.3) is 0 Å². The molecule has 0 aliphatic carbocycles. The summed E-state index contributed by atoms with van der Waals surface area (Å²) in [6.07, 6.45) is 0.279. The zero-order valence-corrected chi connectivity index (χ0v) is 22.2. The molecule has 1 aromatic heterocycles. The summed E-state index contributed by atoms with van der Waals surface area (Å²) in [7, 11) is -0.995. The van der Waals surface area contributed by atoms with E-state index in [0.717, 1.165) is 0 Å². The molecule has 194 valence electrons. The van der Waals surface area contributed by atoms with Crippen molar-refractivity contribution in [2.24, 2.45) is 5.73 Å². The second kappa shape index (κ2) is 12.7. The van der Waals surface area contributed by atoms with Gasteiger partial charge >= 0.3 is 13.3 Å². The monoisotopic (exact) mass is 539 g/mol. The Labute approximate surface area is 206 Å². The van der Waals surface area contributed by atoms with Crippen LogP contribution >= 0.6 is 29.2 Å². The molecule has 0 saturated carbocycles. The molecule has 5 atom stereocenters. The predicted molar refractivity (Wildman–Crippen MR) is 133 cm³/mol. The van der Waals surface area contributed by atoms with Crippen LogP contribution in [-0.4, -0.2) is 62.2 Å². The fourth-order valence-corrected chi connectivity index (χ4v) is 5.67. The van der Waals surface area contributed by atoms with Crippen LogP contribution in [0.2, 0.25) is 0 Å². The maximum atomic E-state index is 12.2. The Morgan fingerprint density at radius 3 is 2.85 bits per heavy atom. The van der Waals surface area contributed by atoms with E-state index in [1.165, 1.54) is 34.5 Å². The first-order valence-electron chi connectivity index (χ1n) is 10.8. The number of hydrogen-bond donors (Lipinski definition) is 4. The molecule has 1 aliphatic heterocycles. The minimum atomic E-state index is -4.02. The lowest BCUT2D eigenvalue weighted by Gasteiger charge is -2.24. The number of hydrogen-bond acceptors (Lipinski definition) is 11. The number of carbonyl (C=O) groups is 1. The quantitative estimate of drug-likeness (QED) is 0.123. The molecule has 2 heterocycles. The van der Waals surface area contributed by atoms with Gasteiger partial charge in [-0.3, -0.25) is 13.9 Å². The van der Waals surface area contributed by atoms with Gasteiger partial charge in [0.05, 0.1) is 12.7 Å². The third-order valence-electron chi connectivity index (χ3n) is 4.93. The van der Waals surface area contributed by atoms with E-state index < -0.39 is 37.5 Å². The summed E-state index contributed by atoms with van der Waals surface area (Å²) in [5.41, 5.74) is 10.5. The summed E-state index contributed by atoms with van der Waals surface area (Å²) in [4.78, 5) is 37.3. The molecule has 0 radical (unpaired) electrons. The summed E-state index contributed by atoms with van der Waals surface area (Å²) >= 11 is 0. The van der Waals surface area contributed by atoms with Crippen molar-refractivity contribution in [3.05, 3.63) is 22.7 Å². The smallest absolute Gasteiger partial charge is 0.351 e. The molecule has 15 heteroatoms. The van der Waals surface area contributed by atoms with E-state index in [4.69, 9.17) is 25.5 Å². The average molecular weight is 540 g/mol. The van der Waals surface area contributed by atoms with Crippen LogP contribution in [0.5, 0.6) is 0 Å². The first-order valence-corrected chi connectivity index (χ1v) is 14.7. The van der Waals surface area contributed by atoms with Gasteiger partial charge in [0.25, 0.3) is 0 Å². The Kier molecular flexibility index (Phi) is 10.9. The molecular weight excluding hydrogens is 505 g/mol. The highest BCUT2D eigenvalue weighted by Gasteiger charge is 2.39. The van der Waals surface area contributed by atoms with Crippen molar-refractivity contribution in [1.82, 2.24) is 14.9 Å². The van der Waals surface area contributed by atoms with Crippen molar-refractivity contribution in [1.29, 1.82) is 0 Å². The predicted octanol–water partition coefficient (Wildman–Crippen LogP) is 1.65. The van der Waals surface area contributed by atoms with E-state index in [1.807, 2.05) is 13.8 Å². The van der Waals surface area contributed by atoms with Crippen LogP contribution < -0.4 is 22.5 Å². The minimum absolute atomic E-state index is 0.00714. The number of ether oxygens (including phenoxy) is 2. The number of nitrogens with one attached hydrogen (secondary N) is 1. The normalized spacial score (nSPS) is 23.4. The second-order valence-corrected chi connectivity index (χ2v) is 13.6. The minimum Gasteiger partial charge on any atom is -0.383 e. The first kappa shape index (κ1) is 29.1. The van der Waals surface area contributed by atoms with E-state index in [1.54, 1.807) is 17.7 Å². The van der Waals surface area contributed by atoms with Gasteiger partial charge in [0.15, 0.2) is 0 Å². The zero-order valence-electron chi connectivity index (χ0n) is 19.7. The molecule has 1 aliphatic rings. The Morgan fingerprint density at radius 1 is 1.53 bits per heavy atom. The molecule has 1 amide bonds. The number of amides is 1. The van der Waals surface area contributed by atoms with Gasteiger partial charge in [0.1, 0.15) is 29.9 Å². The first-order chi connectivity index (χ1) is 15.8. The Hall–Kier alpha value is -1.12. The SMILES string of the molecule is CCC(=O)NCC(C)(C)SSCO[C@@H]1C[C@H](n2ccc(N)nc2=O)OC1COP(=O)(O)C(C)N. The standard InChI is InChI=1S/C19H34N5O7PS2/c1-5-16(25)22-10-19(3,4)34-33-11-29-13-8-17(24-7-6-15(21)23-18(24)26)31-14(13)9-30-32(27,28)12(2)20/h6-7,12-14,17H,5,8-11,20H2,1-4H3,(H,22,25)(H,27,28)(H2,21,23,26)/t12?,13-,14?,17-/m1/s1. The van der Waals surface area contributed by atoms with Crippen LogP contribution in [0.15, 0.2) is 17.1 Å². The lowest BCUT2D eigenvalue weighted by Crippen LogP contribution is -2.35. The molecule has 1 fully saturated rings. The molecule has 1 saturated heterocycles. The van der Waals surface area contributed by atoms with Crippen molar-refractivity contribution in [3.8, 4) is 0 Å². The van der Waals surface area contributed by atoms with Gasteiger partial charge in [-0.1, -0.05) is 28.5 Å². The highest BCUT2D eigenvalue weighted by Crippen LogP contribution is 2.46. The molecule has 2 rings (SSSR count). The summed E-state index contributed by atoms with van der Waals surface area (Å²) in [5.74, 6) is -0.689. The largest absolute Gasteiger partial charge is 0.383 e. The van der Waals surface area contributed by atoms with Gasteiger partial charge in [0, 0.05) is 30.3 Å². The maximum absolute atomic E-state index is 12.2. The van der Waals surface area contributed by atoms with Crippen molar-refractivity contribution < 1.29 is 28.3 Å². The molecule has 6 N–H and O–H groups in total. The third kappa shape index (κ3) is 8.83. The topological polar surface area (TPSA) is 181 Å². The molecular formula is C19H34N5O7PS2. The van der Waals surface area contributed by atoms with Crippen molar-refractivity contribution >= 4 is 40.9 Å². The number of nitrogens with two attached hydrogens (primary N) is 2. The molecule has 3 unspecified atom stereocenters. The molecule has 0 spiro atoms. The zero-order chi connectivity index (χ0) is 25.5. The highest BCUT2D eigenvalue weighted by atomic mass is 33.1.